The van der Waals surface area contributed by atoms with E-state index in [-0.39, 0.29) is 12.3 Å². The number of hydrogen-bond donors (Lipinski definition) is 1. The SMILES string of the molecule is COC(=O)c1ccsc1NC(=O)Cc1ccccc1C. The minimum absolute atomic E-state index is 0.146. The van der Waals surface area contributed by atoms with Crippen LogP contribution < -0.4 is 5.32 Å². The van der Waals surface area contributed by atoms with Crippen molar-refractivity contribution in [1.29, 1.82) is 0 Å². The van der Waals surface area contributed by atoms with Crippen molar-refractivity contribution < 1.29 is 14.3 Å². The van der Waals surface area contributed by atoms with E-state index in [2.05, 4.69) is 10.1 Å². The lowest BCUT2D eigenvalue weighted by Crippen LogP contribution is -2.16. The molecular weight excluding hydrogens is 274 g/mol. The van der Waals surface area contributed by atoms with Gasteiger partial charge in [0, 0.05) is 0 Å². The summed E-state index contributed by atoms with van der Waals surface area (Å²) in [5, 5.41) is 5.03. The number of benzene rings is 1. The normalized spacial score (nSPS) is 10.1. The molecule has 0 spiro atoms. The van der Waals surface area contributed by atoms with Crippen LogP contribution in [0.3, 0.4) is 0 Å². The zero-order valence-corrected chi connectivity index (χ0v) is 12.1. The Morgan fingerprint density at radius 3 is 2.70 bits per heavy atom. The molecule has 0 radical (unpaired) electrons. The molecule has 0 unspecified atom stereocenters. The molecule has 0 saturated carbocycles. The number of nitrogens with one attached hydrogen (secondary N) is 1. The van der Waals surface area contributed by atoms with Gasteiger partial charge < -0.3 is 10.1 Å². The first-order valence-corrected chi connectivity index (χ1v) is 7.00. The highest BCUT2D eigenvalue weighted by Gasteiger charge is 2.15. The van der Waals surface area contributed by atoms with Gasteiger partial charge in [0.2, 0.25) is 5.91 Å². The highest BCUT2D eigenvalue weighted by molar-refractivity contribution is 7.14. The third kappa shape index (κ3) is 3.24. The van der Waals surface area contributed by atoms with E-state index in [4.69, 9.17) is 0 Å². The predicted octanol–water partition coefficient (Wildman–Crippen LogP) is 3.02. The Bertz CT molecular complexity index is 634. The summed E-state index contributed by atoms with van der Waals surface area (Å²) in [6, 6.07) is 9.37. The molecule has 1 aromatic carbocycles. The fraction of sp³-hybridized carbons (Fsp3) is 0.200. The Balaban J connectivity index is 2.08. The zero-order chi connectivity index (χ0) is 14.5. The molecule has 1 amide bonds. The van der Waals surface area contributed by atoms with Crippen molar-refractivity contribution in [1.82, 2.24) is 0 Å². The molecule has 0 fully saturated rings. The zero-order valence-electron chi connectivity index (χ0n) is 11.3. The van der Waals surface area contributed by atoms with Crippen molar-refractivity contribution in [2.45, 2.75) is 13.3 Å². The van der Waals surface area contributed by atoms with Crippen molar-refractivity contribution in [3.63, 3.8) is 0 Å². The maximum atomic E-state index is 12.0. The van der Waals surface area contributed by atoms with Crippen LogP contribution in [0, 0.1) is 6.92 Å². The summed E-state index contributed by atoms with van der Waals surface area (Å²) in [6.07, 6.45) is 0.283. The largest absolute Gasteiger partial charge is 0.465 e. The summed E-state index contributed by atoms with van der Waals surface area (Å²) in [7, 11) is 1.32. The van der Waals surface area contributed by atoms with Gasteiger partial charge in [0.15, 0.2) is 0 Å². The van der Waals surface area contributed by atoms with Crippen molar-refractivity contribution in [3.05, 3.63) is 52.4 Å². The summed E-state index contributed by atoms with van der Waals surface area (Å²) < 4.78 is 4.67. The van der Waals surface area contributed by atoms with Gasteiger partial charge in [-0.1, -0.05) is 24.3 Å². The number of rotatable bonds is 4. The summed E-state index contributed by atoms with van der Waals surface area (Å²) in [4.78, 5) is 23.6. The number of thiophene rings is 1. The van der Waals surface area contributed by atoms with Gasteiger partial charge in [0.25, 0.3) is 0 Å². The van der Waals surface area contributed by atoms with Crippen LogP contribution in [-0.2, 0) is 16.0 Å². The van der Waals surface area contributed by atoms with Gasteiger partial charge in [-0.15, -0.1) is 11.3 Å². The van der Waals surface area contributed by atoms with Gasteiger partial charge in [0.05, 0.1) is 19.1 Å². The summed E-state index contributed by atoms with van der Waals surface area (Å²) >= 11 is 1.30. The van der Waals surface area contributed by atoms with Gasteiger partial charge in [-0.25, -0.2) is 4.79 Å². The van der Waals surface area contributed by atoms with Crippen LogP contribution >= 0.6 is 11.3 Å². The molecule has 4 nitrogen and oxygen atoms in total. The Morgan fingerprint density at radius 1 is 1.25 bits per heavy atom. The predicted molar refractivity (Wildman–Crippen MR) is 79.2 cm³/mol. The van der Waals surface area contributed by atoms with Gasteiger partial charge in [-0.05, 0) is 29.5 Å². The maximum Gasteiger partial charge on any atom is 0.340 e. The van der Waals surface area contributed by atoms with E-state index < -0.39 is 5.97 Å². The topological polar surface area (TPSA) is 55.4 Å². The number of amides is 1. The molecular formula is C15H15NO3S. The molecule has 1 heterocycles. The van der Waals surface area contributed by atoms with E-state index in [0.717, 1.165) is 11.1 Å². The molecule has 0 aliphatic heterocycles. The minimum Gasteiger partial charge on any atom is -0.465 e. The monoisotopic (exact) mass is 289 g/mol. The number of aryl methyl sites for hydroxylation is 1. The fourth-order valence-electron chi connectivity index (χ4n) is 1.83. The molecule has 0 bridgehead atoms. The Morgan fingerprint density at radius 2 is 2.00 bits per heavy atom. The van der Waals surface area contributed by atoms with Crippen molar-refractivity contribution in [2.24, 2.45) is 0 Å². The van der Waals surface area contributed by atoms with E-state index in [9.17, 15) is 9.59 Å². The first kappa shape index (κ1) is 14.3. The molecule has 104 valence electrons. The van der Waals surface area contributed by atoms with Crippen LogP contribution in [0.5, 0.6) is 0 Å². The number of carbonyl (C=O) groups excluding carboxylic acids is 2. The number of esters is 1. The highest BCUT2D eigenvalue weighted by atomic mass is 32.1. The molecule has 2 rings (SSSR count). The highest BCUT2D eigenvalue weighted by Crippen LogP contribution is 2.24. The quantitative estimate of drug-likeness (QED) is 0.880. The molecule has 1 N–H and O–H groups in total. The van der Waals surface area contributed by atoms with Gasteiger partial charge >= 0.3 is 5.97 Å². The smallest absolute Gasteiger partial charge is 0.340 e. The van der Waals surface area contributed by atoms with E-state index in [1.807, 2.05) is 31.2 Å². The second-order valence-corrected chi connectivity index (χ2v) is 5.22. The van der Waals surface area contributed by atoms with Crippen LogP contribution in [0.1, 0.15) is 21.5 Å². The third-order valence-corrected chi connectivity index (χ3v) is 3.77. The summed E-state index contributed by atoms with van der Waals surface area (Å²) in [5.41, 5.74) is 2.43. The first-order valence-electron chi connectivity index (χ1n) is 6.12. The number of carbonyl (C=O) groups is 2. The summed E-state index contributed by atoms with van der Waals surface area (Å²) in [6.45, 7) is 1.97. The average molecular weight is 289 g/mol. The number of hydrogen-bond acceptors (Lipinski definition) is 4. The van der Waals surface area contributed by atoms with Crippen LogP contribution in [0.25, 0.3) is 0 Å². The van der Waals surface area contributed by atoms with Crippen LogP contribution in [0.4, 0.5) is 5.00 Å². The van der Waals surface area contributed by atoms with E-state index in [1.165, 1.54) is 18.4 Å². The van der Waals surface area contributed by atoms with Gasteiger partial charge in [-0.2, -0.15) is 0 Å². The van der Waals surface area contributed by atoms with Crippen molar-refractivity contribution in [2.75, 3.05) is 12.4 Å². The minimum atomic E-state index is -0.447. The molecule has 5 heteroatoms. The standard InChI is InChI=1S/C15H15NO3S/c1-10-5-3-4-6-11(10)9-13(17)16-14-12(7-8-20-14)15(18)19-2/h3-8H,9H2,1-2H3,(H,16,17). The second-order valence-electron chi connectivity index (χ2n) is 4.31. The van der Waals surface area contributed by atoms with Gasteiger partial charge in [0.1, 0.15) is 5.00 Å². The molecule has 0 aliphatic carbocycles. The number of methoxy groups -OCH3 is 1. The van der Waals surface area contributed by atoms with Crippen molar-refractivity contribution in [3.8, 4) is 0 Å². The number of ether oxygens (including phenoxy) is 1. The molecule has 0 atom stereocenters. The molecule has 1 aromatic heterocycles. The molecule has 0 saturated heterocycles. The van der Waals surface area contributed by atoms with Crippen LogP contribution in [0.15, 0.2) is 35.7 Å². The van der Waals surface area contributed by atoms with Crippen LogP contribution in [-0.4, -0.2) is 19.0 Å². The lowest BCUT2D eigenvalue weighted by molar-refractivity contribution is -0.115. The third-order valence-electron chi connectivity index (χ3n) is 2.94. The Hall–Kier alpha value is -2.14. The van der Waals surface area contributed by atoms with E-state index in [0.29, 0.717) is 10.6 Å². The maximum absolute atomic E-state index is 12.0. The Labute approximate surface area is 121 Å². The summed E-state index contributed by atoms with van der Waals surface area (Å²) in [5.74, 6) is -0.593. The Kier molecular flexibility index (Phi) is 4.53. The van der Waals surface area contributed by atoms with E-state index >= 15 is 0 Å². The lowest BCUT2D eigenvalue weighted by Gasteiger charge is -2.07. The average Bonchev–Trinajstić information content (AvgIpc) is 2.88. The molecule has 2 aromatic rings. The van der Waals surface area contributed by atoms with E-state index in [1.54, 1.807) is 11.4 Å². The van der Waals surface area contributed by atoms with Crippen molar-refractivity contribution >= 4 is 28.2 Å². The number of anilines is 1. The first-order chi connectivity index (χ1) is 9.61. The van der Waals surface area contributed by atoms with Gasteiger partial charge in [-0.3, -0.25) is 4.79 Å². The molecule has 20 heavy (non-hydrogen) atoms. The lowest BCUT2D eigenvalue weighted by atomic mass is 10.1. The second kappa shape index (κ2) is 6.34. The van der Waals surface area contributed by atoms with Crippen LogP contribution in [0.2, 0.25) is 0 Å². The fourth-order valence-corrected chi connectivity index (χ4v) is 2.62. The molecule has 0 aliphatic rings.